The summed E-state index contributed by atoms with van der Waals surface area (Å²) in [7, 11) is 3.00. The van der Waals surface area contributed by atoms with Gasteiger partial charge >= 0.3 is 0 Å². The summed E-state index contributed by atoms with van der Waals surface area (Å²) in [5, 5.41) is 2.60. The number of aromatic nitrogens is 1. The summed E-state index contributed by atoms with van der Waals surface area (Å²) in [6, 6.07) is 5.54. The van der Waals surface area contributed by atoms with Crippen LogP contribution in [-0.2, 0) is 6.54 Å². The molecule has 0 aliphatic carbocycles. The van der Waals surface area contributed by atoms with Crippen LogP contribution in [0.15, 0.2) is 24.3 Å². The van der Waals surface area contributed by atoms with Gasteiger partial charge in [-0.3, -0.25) is 0 Å². The van der Waals surface area contributed by atoms with Gasteiger partial charge < -0.3 is 14.8 Å². The lowest BCUT2D eigenvalue weighted by atomic mass is 10.2. The van der Waals surface area contributed by atoms with Crippen LogP contribution < -0.4 is 14.8 Å². The van der Waals surface area contributed by atoms with Crippen molar-refractivity contribution in [2.24, 2.45) is 0 Å². The molecule has 112 valence electrons. The molecule has 1 heterocycles. The number of pyridine rings is 1. The first kappa shape index (κ1) is 15.0. The third-order valence-corrected chi connectivity index (χ3v) is 2.79. The maximum absolute atomic E-state index is 13.4. The van der Waals surface area contributed by atoms with Gasteiger partial charge in [0, 0.05) is 12.6 Å². The zero-order chi connectivity index (χ0) is 15.4. The van der Waals surface area contributed by atoms with Crippen LogP contribution >= 0.6 is 0 Å². The molecule has 1 N–H and O–H groups in total. The van der Waals surface area contributed by atoms with Crippen LogP contribution in [0.4, 0.5) is 19.0 Å². The Morgan fingerprint density at radius 1 is 1.00 bits per heavy atom. The number of rotatable bonds is 5. The first-order chi connectivity index (χ1) is 10.0. The van der Waals surface area contributed by atoms with Crippen LogP contribution in [-0.4, -0.2) is 19.2 Å². The van der Waals surface area contributed by atoms with Gasteiger partial charge in [-0.05, 0) is 17.7 Å². The van der Waals surface area contributed by atoms with E-state index in [-0.39, 0.29) is 12.4 Å². The third kappa shape index (κ3) is 3.36. The average Bonchev–Trinajstić information content (AvgIpc) is 2.49. The van der Waals surface area contributed by atoms with Gasteiger partial charge in [0.1, 0.15) is 0 Å². The SMILES string of the molecule is COc1ccc(CNc2nc(F)c(F)cc2F)cc1OC. The summed E-state index contributed by atoms with van der Waals surface area (Å²) in [5.41, 5.74) is 0.735. The van der Waals surface area contributed by atoms with Gasteiger partial charge in [-0.15, -0.1) is 0 Å². The summed E-state index contributed by atoms with van der Waals surface area (Å²) < 4.78 is 49.4. The van der Waals surface area contributed by atoms with Gasteiger partial charge in [0.25, 0.3) is 5.95 Å². The van der Waals surface area contributed by atoms with Crippen molar-refractivity contribution in [1.82, 2.24) is 4.98 Å². The lowest BCUT2D eigenvalue weighted by molar-refractivity contribution is 0.354. The molecule has 21 heavy (non-hydrogen) atoms. The molecule has 0 amide bonds. The maximum atomic E-state index is 13.4. The molecule has 0 saturated carbocycles. The van der Waals surface area contributed by atoms with Gasteiger partial charge in [-0.1, -0.05) is 6.07 Å². The highest BCUT2D eigenvalue weighted by Gasteiger charge is 2.11. The van der Waals surface area contributed by atoms with Crippen LogP contribution in [0.25, 0.3) is 0 Å². The zero-order valence-electron chi connectivity index (χ0n) is 11.4. The molecule has 7 heteroatoms. The van der Waals surface area contributed by atoms with E-state index < -0.39 is 17.6 Å². The van der Waals surface area contributed by atoms with Crippen molar-refractivity contribution < 1.29 is 22.6 Å². The predicted molar refractivity (Wildman–Crippen MR) is 71.0 cm³/mol. The molecule has 4 nitrogen and oxygen atoms in total. The Morgan fingerprint density at radius 2 is 1.71 bits per heavy atom. The summed E-state index contributed by atoms with van der Waals surface area (Å²) >= 11 is 0. The first-order valence-electron chi connectivity index (χ1n) is 6.01. The highest BCUT2D eigenvalue weighted by Crippen LogP contribution is 2.27. The van der Waals surface area contributed by atoms with E-state index in [1.807, 2.05) is 0 Å². The normalized spacial score (nSPS) is 10.3. The number of benzene rings is 1. The number of nitrogens with one attached hydrogen (secondary N) is 1. The Labute approximate surface area is 119 Å². The van der Waals surface area contributed by atoms with Gasteiger partial charge in [0.05, 0.1) is 14.2 Å². The average molecular weight is 298 g/mol. The summed E-state index contributed by atoms with van der Waals surface area (Å²) in [4.78, 5) is 3.18. The summed E-state index contributed by atoms with van der Waals surface area (Å²) in [6.07, 6.45) is 0. The Hall–Kier alpha value is -2.44. The molecule has 0 atom stereocenters. The van der Waals surface area contributed by atoms with E-state index in [0.717, 1.165) is 5.56 Å². The van der Waals surface area contributed by atoms with Crippen LogP contribution in [0.3, 0.4) is 0 Å². The van der Waals surface area contributed by atoms with E-state index in [2.05, 4.69) is 10.3 Å². The minimum absolute atomic E-state index is 0.162. The van der Waals surface area contributed by atoms with Crippen molar-refractivity contribution in [2.45, 2.75) is 6.54 Å². The first-order valence-corrected chi connectivity index (χ1v) is 6.01. The topological polar surface area (TPSA) is 43.4 Å². The zero-order valence-corrected chi connectivity index (χ0v) is 11.4. The number of hydrogen-bond acceptors (Lipinski definition) is 4. The van der Waals surface area contributed by atoms with Crippen molar-refractivity contribution >= 4 is 5.82 Å². The van der Waals surface area contributed by atoms with Gasteiger partial charge in [0.2, 0.25) is 0 Å². The van der Waals surface area contributed by atoms with Gasteiger partial charge in [-0.25, -0.2) is 8.78 Å². The van der Waals surface area contributed by atoms with E-state index in [0.29, 0.717) is 17.6 Å². The van der Waals surface area contributed by atoms with Crippen LogP contribution in [0.1, 0.15) is 5.56 Å². The molecule has 0 bridgehead atoms. The van der Waals surface area contributed by atoms with Crippen LogP contribution in [0, 0.1) is 17.6 Å². The van der Waals surface area contributed by atoms with Crippen molar-refractivity contribution in [3.8, 4) is 11.5 Å². The van der Waals surface area contributed by atoms with Gasteiger partial charge in [-0.2, -0.15) is 9.37 Å². The monoisotopic (exact) mass is 298 g/mol. The molecule has 0 unspecified atom stereocenters. The second kappa shape index (κ2) is 6.34. The maximum Gasteiger partial charge on any atom is 0.251 e. The van der Waals surface area contributed by atoms with Gasteiger partial charge in [0.15, 0.2) is 29.0 Å². The van der Waals surface area contributed by atoms with Crippen molar-refractivity contribution in [3.63, 3.8) is 0 Å². The molecule has 0 spiro atoms. The minimum atomic E-state index is -1.36. The van der Waals surface area contributed by atoms with E-state index in [4.69, 9.17) is 9.47 Å². The standard InChI is InChI=1S/C14H13F3N2O2/c1-20-11-4-3-8(5-12(11)21-2)7-18-14-10(16)6-9(15)13(17)19-14/h3-6H,7H2,1-2H3,(H,18,19). The second-order valence-electron chi connectivity index (χ2n) is 4.13. The predicted octanol–water partition coefficient (Wildman–Crippen LogP) is 3.13. The molecule has 1 aromatic carbocycles. The largest absolute Gasteiger partial charge is 0.493 e. The Balaban J connectivity index is 2.15. The van der Waals surface area contributed by atoms with E-state index in [1.165, 1.54) is 14.2 Å². The molecule has 1 aromatic heterocycles. The molecular formula is C14H13F3N2O2. The second-order valence-corrected chi connectivity index (χ2v) is 4.13. The molecule has 0 saturated heterocycles. The Bertz CT molecular complexity index is 650. The highest BCUT2D eigenvalue weighted by molar-refractivity contribution is 5.44. The van der Waals surface area contributed by atoms with E-state index >= 15 is 0 Å². The van der Waals surface area contributed by atoms with Crippen LogP contribution in [0.5, 0.6) is 11.5 Å². The fourth-order valence-electron chi connectivity index (χ4n) is 1.74. The smallest absolute Gasteiger partial charge is 0.251 e. The quantitative estimate of drug-likeness (QED) is 0.861. The Morgan fingerprint density at radius 3 is 2.38 bits per heavy atom. The molecule has 2 aromatic rings. The van der Waals surface area contributed by atoms with E-state index in [9.17, 15) is 13.2 Å². The minimum Gasteiger partial charge on any atom is -0.493 e. The fraction of sp³-hybridized carbons (Fsp3) is 0.214. The number of halogens is 3. The molecule has 0 aliphatic rings. The lowest BCUT2D eigenvalue weighted by Gasteiger charge is -2.11. The van der Waals surface area contributed by atoms with E-state index in [1.54, 1.807) is 18.2 Å². The Kier molecular flexibility index (Phi) is 4.52. The fourth-order valence-corrected chi connectivity index (χ4v) is 1.74. The number of ether oxygens (including phenoxy) is 2. The molecule has 0 fully saturated rings. The summed E-state index contributed by atoms with van der Waals surface area (Å²) in [6.45, 7) is 0.162. The number of anilines is 1. The molecule has 0 aliphatic heterocycles. The van der Waals surface area contributed by atoms with Crippen molar-refractivity contribution in [3.05, 3.63) is 47.4 Å². The third-order valence-electron chi connectivity index (χ3n) is 2.79. The molecular weight excluding hydrogens is 285 g/mol. The lowest BCUT2D eigenvalue weighted by Crippen LogP contribution is -2.06. The highest BCUT2D eigenvalue weighted by atomic mass is 19.2. The number of hydrogen-bond donors (Lipinski definition) is 1. The molecule has 2 rings (SSSR count). The number of methoxy groups -OCH3 is 2. The number of nitrogens with zero attached hydrogens (tertiary/aromatic N) is 1. The van der Waals surface area contributed by atoms with Crippen LogP contribution in [0.2, 0.25) is 0 Å². The van der Waals surface area contributed by atoms with Crippen molar-refractivity contribution in [2.75, 3.05) is 19.5 Å². The summed E-state index contributed by atoms with van der Waals surface area (Å²) in [5.74, 6) is -2.94. The van der Waals surface area contributed by atoms with Crippen molar-refractivity contribution in [1.29, 1.82) is 0 Å². The molecule has 0 radical (unpaired) electrons.